The SMILES string of the molecule is [C]#CCN1CC=CCC1. The van der Waals surface area contributed by atoms with Crippen LogP contribution in [-0.4, -0.2) is 24.5 Å². The Labute approximate surface area is 56.4 Å². The molecule has 0 aromatic carbocycles. The lowest BCUT2D eigenvalue weighted by Crippen LogP contribution is -2.27. The van der Waals surface area contributed by atoms with Gasteiger partial charge in [0.2, 0.25) is 0 Å². The van der Waals surface area contributed by atoms with E-state index in [4.69, 9.17) is 6.42 Å². The molecule has 0 unspecified atom stereocenters. The number of rotatable bonds is 1. The molecule has 0 saturated heterocycles. The van der Waals surface area contributed by atoms with Crippen molar-refractivity contribution in [3.63, 3.8) is 0 Å². The van der Waals surface area contributed by atoms with E-state index >= 15 is 0 Å². The standard InChI is InChI=1S/C8H10N/c1-2-6-9-7-4-3-5-8-9/h3-4H,5-8H2. The zero-order valence-corrected chi connectivity index (χ0v) is 5.43. The Kier molecular flexibility index (Phi) is 2.35. The number of nitrogens with zero attached hydrogens (tertiary/aromatic N) is 1. The van der Waals surface area contributed by atoms with E-state index in [1.54, 1.807) is 0 Å². The molecule has 47 valence electrons. The maximum absolute atomic E-state index is 6.72. The first-order valence-corrected chi connectivity index (χ1v) is 3.20. The van der Waals surface area contributed by atoms with Crippen LogP contribution in [0.4, 0.5) is 0 Å². The highest BCUT2D eigenvalue weighted by Gasteiger charge is 2.01. The maximum atomic E-state index is 6.72. The largest absolute Gasteiger partial charge is 0.288 e. The van der Waals surface area contributed by atoms with E-state index in [1.165, 1.54) is 0 Å². The molecule has 0 amide bonds. The Morgan fingerprint density at radius 1 is 1.56 bits per heavy atom. The molecule has 1 radical (unpaired) electrons. The van der Waals surface area contributed by atoms with Gasteiger partial charge in [-0.3, -0.25) is 4.90 Å². The quantitative estimate of drug-likeness (QED) is 0.366. The molecule has 1 aliphatic heterocycles. The molecule has 0 aromatic rings. The summed E-state index contributed by atoms with van der Waals surface area (Å²) in [6.07, 6.45) is 12.2. The molecule has 1 heterocycles. The highest BCUT2D eigenvalue weighted by atomic mass is 15.1. The minimum Gasteiger partial charge on any atom is -0.288 e. The van der Waals surface area contributed by atoms with Crippen molar-refractivity contribution in [2.45, 2.75) is 6.42 Å². The van der Waals surface area contributed by atoms with Gasteiger partial charge in [0.15, 0.2) is 0 Å². The fraction of sp³-hybridized carbons (Fsp3) is 0.500. The lowest BCUT2D eigenvalue weighted by atomic mass is 10.2. The molecule has 1 heteroatoms. The third-order valence-electron chi connectivity index (χ3n) is 1.44. The summed E-state index contributed by atoms with van der Waals surface area (Å²) in [6.45, 7) is 2.76. The average molecular weight is 120 g/mol. The minimum atomic E-state index is 0.685. The third-order valence-corrected chi connectivity index (χ3v) is 1.44. The van der Waals surface area contributed by atoms with Crippen LogP contribution in [-0.2, 0) is 0 Å². The summed E-state index contributed by atoms with van der Waals surface area (Å²) in [5.41, 5.74) is 0. The zero-order valence-electron chi connectivity index (χ0n) is 5.43. The van der Waals surface area contributed by atoms with Crippen molar-refractivity contribution in [2.75, 3.05) is 19.6 Å². The molecule has 1 nitrogen and oxygen atoms in total. The monoisotopic (exact) mass is 120 g/mol. The summed E-state index contributed by atoms with van der Waals surface area (Å²) in [5.74, 6) is 2.38. The first-order valence-electron chi connectivity index (χ1n) is 3.20. The second kappa shape index (κ2) is 3.32. The molecule has 0 aliphatic carbocycles. The fourth-order valence-electron chi connectivity index (χ4n) is 0.945. The average Bonchev–Trinajstić information content (AvgIpc) is 1.91. The molecule has 0 fully saturated rings. The highest BCUT2D eigenvalue weighted by molar-refractivity contribution is 4.94. The lowest BCUT2D eigenvalue weighted by Gasteiger charge is -2.19. The van der Waals surface area contributed by atoms with Gasteiger partial charge in [0.25, 0.3) is 0 Å². The molecule has 0 saturated carbocycles. The van der Waals surface area contributed by atoms with Crippen molar-refractivity contribution in [2.24, 2.45) is 0 Å². The smallest absolute Gasteiger partial charge is 0.0614 e. The van der Waals surface area contributed by atoms with Crippen LogP contribution in [0.3, 0.4) is 0 Å². The molecule has 1 rings (SSSR count). The Morgan fingerprint density at radius 3 is 3.00 bits per heavy atom. The van der Waals surface area contributed by atoms with Crippen LogP contribution in [0, 0.1) is 12.3 Å². The van der Waals surface area contributed by atoms with Crippen LogP contribution in [0.5, 0.6) is 0 Å². The van der Waals surface area contributed by atoms with Gasteiger partial charge in [-0.1, -0.05) is 18.1 Å². The molecule has 0 N–H and O–H groups in total. The molecule has 0 atom stereocenters. The normalized spacial score (nSPS) is 19.4. The van der Waals surface area contributed by atoms with Gasteiger partial charge >= 0.3 is 0 Å². The van der Waals surface area contributed by atoms with E-state index in [-0.39, 0.29) is 0 Å². The van der Waals surface area contributed by atoms with Crippen molar-refractivity contribution in [1.82, 2.24) is 4.90 Å². The molecule has 0 bridgehead atoms. The summed E-state index contributed by atoms with van der Waals surface area (Å²) >= 11 is 0. The van der Waals surface area contributed by atoms with E-state index in [9.17, 15) is 0 Å². The predicted octanol–water partition coefficient (Wildman–Crippen LogP) is 0.838. The predicted molar refractivity (Wildman–Crippen MR) is 37.3 cm³/mol. The molecule has 9 heavy (non-hydrogen) atoms. The van der Waals surface area contributed by atoms with Gasteiger partial charge < -0.3 is 0 Å². The highest BCUT2D eigenvalue weighted by Crippen LogP contribution is 1.98. The maximum Gasteiger partial charge on any atom is 0.0614 e. The first-order chi connectivity index (χ1) is 4.43. The lowest BCUT2D eigenvalue weighted by molar-refractivity contribution is 0.336. The summed E-state index contributed by atoms with van der Waals surface area (Å²) in [4.78, 5) is 2.19. The summed E-state index contributed by atoms with van der Waals surface area (Å²) in [6, 6.07) is 0. The van der Waals surface area contributed by atoms with Gasteiger partial charge in [0.1, 0.15) is 0 Å². The molecular formula is C8H10N. The Morgan fingerprint density at radius 2 is 2.44 bits per heavy atom. The van der Waals surface area contributed by atoms with Gasteiger partial charge in [-0.05, 0) is 12.8 Å². The van der Waals surface area contributed by atoms with E-state index in [0.717, 1.165) is 19.5 Å². The van der Waals surface area contributed by atoms with Gasteiger partial charge in [0.05, 0.1) is 6.54 Å². The van der Waals surface area contributed by atoms with Gasteiger partial charge in [-0.15, -0.1) is 0 Å². The van der Waals surface area contributed by atoms with Crippen molar-refractivity contribution < 1.29 is 0 Å². The molecular weight excluding hydrogens is 110 g/mol. The van der Waals surface area contributed by atoms with Gasteiger partial charge in [-0.25, -0.2) is 0 Å². The van der Waals surface area contributed by atoms with Crippen molar-refractivity contribution in [1.29, 1.82) is 0 Å². The van der Waals surface area contributed by atoms with Gasteiger partial charge in [-0.2, -0.15) is 0 Å². The van der Waals surface area contributed by atoms with Crippen LogP contribution in [0.2, 0.25) is 0 Å². The Balaban J connectivity index is 2.28. The van der Waals surface area contributed by atoms with E-state index in [2.05, 4.69) is 23.0 Å². The van der Waals surface area contributed by atoms with Crippen LogP contribution < -0.4 is 0 Å². The second-order valence-electron chi connectivity index (χ2n) is 2.17. The van der Waals surface area contributed by atoms with Crippen LogP contribution in [0.1, 0.15) is 6.42 Å². The summed E-state index contributed by atoms with van der Waals surface area (Å²) in [7, 11) is 0. The van der Waals surface area contributed by atoms with Crippen LogP contribution in [0.15, 0.2) is 12.2 Å². The summed E-state index contributed by atoms with van der Waals surface area (Å²) < 4.78 is 0. The zero-order chi connectivity index (χ0) is 6.53. The summed E-state index contributed by atoms with van der Waals surface area (Å²) in [5, 5.41) is 0. The van der Waals surface area contributed by atoms with Crippen LogP contribution >= 0.6 is 0 Å². The van der Waals surface area contributed by atoms with E-state index in [0.29, 0.717) is 6.54 Å². The molecule has 1 aliphatic rings. The number of hydrogen-bond donors (Lipinski definition) is 0. The van der Waals surface area contributed by atoms with Crippen LogP contribution in [0.25, 0.3) is 0 Å². The van der Waals surface area contributed by atoms with Crippen molar-refractivity contribution in [3.8, 4) is 5.92 Å². The van der Waals surface area contributed by atoms with Crippen molar-refractivity contribution >= 4 is 0 Å². The third kappa shape index (κ3) is 1.91. The Hall–Kier alpha value is -0.740. The molecule has 0 spiro atoms. The van der Waals surface area contributed by atoms with Gasteiger partial charge in [0, 0.05) is 13.1 Å². The molecule has 0 aromatic heterocycles. The minimum absolute atomic E-state index is 0.685. The first kappa shape index (κ1) is 6.38. The Bertz CT molecular complexity index is 141. The van der Waals surface area contributed by atoms with E-state index in [1.807, 2.05) is 0 Å². The number of hydrogen-bond acceptors (Lipinski definition) is 1. The second-order valence-corrected chi connectivity index (χ2v) is 2.17. The van der Waals surface area contributed by atoms with Crippen molar-refractivity contribution in [3.05, 3.63) is 18.6 Å². The fourth-order valence-corrected chi connectivity index (χ4v) is 0.945. The topological polar surface area (TPSA) is 3.24 Å². The van der Waals surface area contributed by atoms with E-state index < -0.39 is 0 Å².